The Morgan fingerprint density at radius 2 is 0.646 bits per heavy atom. The molecule has 0 radical (unpaired) electrons. The van der Waals surface area contributed by atoms with Crippen LogP contribution in [0.25, 0.3) is 0 Å². The molecule has 10 atom stereocenters. The van der Waals surface area contributed by atoms with Crippen LogP contribution in [0.2, 0.25) is 0 Å². The van der Waals surface area contributed by atoms with Crippen molar-refractivity contribution >= 4 is 107 Å². The Kier molecular flexibility index (Phi) is 55.9. The van der Waals surface area contributed by atoms with Gasteiger partial charge in [0.15, 0.2) is 24.8 Å². The molecule has 0 aromatic rings. The molecule has 2 aliphatic heterocycles. The van der Waals surface area contributed by atoms with E-state index in [4.69, 9.17) is 18.9 Å². The number of hydrogen-bond acceptors (Lipinski definition) is 40. The minimum absolute atomic E-state index is 0. The van der Waals surface area contributed by atoms with Crippen molar-refractivity contribution < 1.29 is 412 Å². The molecule has 2 heterocycles. The number of nitrogens with zero attached hydrogens (tertiary/aromatic N) is 2. The van der Waals surface area contributed by atoms with Crippen molar-refractivity contribution in [2.75, 3.05) is 52.6 Å². The maximum atomic E-state index is 14.4. The summed E-state index contributed by atoms with van der Waals surface area (Å²) in [4.78, 5) is 57.4. The van der Waals surface area contributed by atoms with E-state index in [0.29, 0.717) is 51.4 Å². The fourth-order valence-electron chi connectivity index (χ4n) is 9.70. The first-order chi connectivity index (χ1) is 41.4. The van der Waals surface area contributed by atoms with Gasteiger partial charge < -0.3 is 75.8 Å². The van der Waals surface area contributed by atoms with Gasteiger partial charge in [0.25, 0.3) is 0 Å². The van der Waals surface area contributed by atoms with E-state index in [-0.39, 0.29) is 236 Å². The molecule has 44 nitrogen and oxygen atoms in total. The number of ether oxygens (including phenoxy) is 4. The van der Waals surface area contributed by atoms with Crippen LogP contribution < -0.4 is 247 Å². The van der Waals surface area contributed by atoms with Crippen LogP contribution in [0.4, 0.5) is 0 Å². The summed E-state index contributed by atoms with van der Waals surface area (Å²) in [6.07, 6.45) is -24.4. The van der Waals surface area contributed by atoms with Crippen LogP contribution >= 0.6 is 0 Å². The summed E-state index contributed by atoms with van der Waals surface area (Å²) in [5.41, 5.74) is -1.63. The van der Waals surface area contributed by atoms with Gasteiger partial charge in [0, 0.05) is 38.0 Å². The first-order valence-corrected chi connectivity index (χ1v) is 36.8. The molecular weight excluding hydrogens is 1600 g/mol. The van der Waals surface area contributed by atoms with Crippen molar-refractivity contribution in [3.8, 4) is 0 Å². The summed E-state index contributed by atoms with van der Waals surface area (Å²) >= 11 is 0. The zero-order chi connectivity index (χ0) is 68.9. The minimum atomic E-state index is -6.25. The molecule has 2 aliphatic carbocycles. The summed E-state index contributed by atoms with van der Waals surface area (Å²) in [6.45, 7) is -6.72. The standard InChI is InChI=1S/C39H68N4O40S8.8Na/c1-39(2,17-29(46)42(19-27(44)40-23-9-5-3-6-10-23)13-15-72-37-35(82-90(66,67)68)33(80-88(60,61)62)31(78-86(54,55)56)25(76-37)21-74-84(48,49)50)18-30(47)43(20-28(45)41-24-11-7-4-8-12-24)14-16-73-38-36(83-91(69,70)71)34(81-89(63,64)65)32(79-87(57,58)59)26(77-38)22-75-85(51,52)53;;;;;;;;/h23-26,31-38H,3-22H2,1-2H3,(H,40,44)(H,41,45)(H,48,49,50)(H,51,52,53)(H,54,55,56)(H,57,58,59)(H,60,61,62)(H,63,64,65)(H,66,67,68)(H,69,70,71);;;;;;;;/q;8*+1/p-8/t25-,26-,31+,32+,33-,34-,35+,36+,37-,38-;;;;;;;;/m0......../s1. The van der Waals surface area contributed by atoms with Gasteiger partial charge in [-0.2, -0.15) is 0 Å². The van der Waals surface area contributed by atoms with Gasteiger partial charge >= 0.3 is 236 Å². The Hall–Kier alpha value is 4.68. The molecule has 2 saturated carbocycles. The Balaban J connectivity index is -0.00000368. The predicted octanol–water partition coefficient (Wildman–Crippen LogP) is -31.1. The van der Waals surface area contributed by atoms with Crippen LogP contribution in [0.15, 0.2) is 0 Å². The first-order valence-electron chi connectivity index (χ1n) is 26.2. The third-order valence-electron chi connectivity index (χ3n) is 13.2. The van der Waals surface area contributed by atoms with E-state index >= 15 is 0 Å². The van der Waals surface area contributed by atoms with Crippen molar-refractivity contribution in [3.05, 3.63) is 0 Å². The first kappa shape index (κ1) is 112. The second-order valence-electron chi connectivity index (χ2n) is 21.0. The molecule has 2 N–H and O–H groups in total. The van der Waals surface area contributed by atoms with Crippen LogP contribution in [0.3, 0.4) is 0 Å². The molecule has 99 heavy (non-hydrogen) atoms. The van der Waals surface area contributed by atoms with Crippen molar-refractivity contribution in [3.63, 3.8) is 0 Å². The van der Waals surface area contributed by atoms with Crippen molar-refractivity contribution in [1.29, 1.82) is 0 Å². The average molecular weight is 1670 g/mol. The third-order valence-corrected chi connectivity index (χ3v) is 16.8. The molecule has 0 aromatic carbocycles. The molecule has 0 bridgehead atoms. The van der Waals surface area contributed by atoms with Gasteiger partial charge in [-0.25, -0.2) is 67.3 Å². The monoisotopic (exact) mass is 1660 g/mol. The fourth-order valence-corrected chi connectivity index (χ4v) is 13.2. The van der Waals surface area contributed by atoms with Crippen molar-refractivity contribution in [2.45, 2.75) is 164 Å². The van der Waals surface area contributed by atoms with E-state index in [1.807, 2.05) is 0 Å². The van der Waals surface area contributed by atoms with Crippen LogP contribution in [-0.4, -0.2) is 263 Å². The largest absolute Gasteiger partial charge is 1.00 e. The van der Waals surface area contributed by atoms with Crippen LogP contribution in [0.1, 0.15) is 90.9 Å². The maximum absolute atomic E-state index is 14.4. The summed E-state index contributed by atoms with van der Waals surface area (Å²) < 4.78 is 336. The number of carbonyl (C=O) groups excluding carboxylic acids is 4. The van der Waals surface area contributed by atoms with E-state index in [2.05, 4.69) is 44.1 Å². The molecule has 4 amide bonds. The Morgan fingerprint density at radius 1 is 0.394 bits per heavy atom. The van der Waals surface area contributed by atoms with E-state index in [1.54, 1.807) is 0 Å². The van der Waals surface area contributed by atoms with E-state index < -0.39 is 251 Å². The molecule has 0 aromatic heterocycles. The van der Waals surface area contributed by atoms with Crippen LogP contribution in [0, 0.1) is 5.41 Å². The van der Waals surface area contributed by atoms with Gasteiger partial charge in [-0.05, 0) is 31.1 Å². The topological polar surface area (TPSA) is 667 Å². The molecule has 4 aliphatic rings. The third kappa shape index (κ3) is 47.1. The summed E-state index contributed by atoms with van der Waals surface area (Å²) in [6, 6.07) is -0.844. The fraction of sp³-hybridized carbons (Fsp3) is 0.897. The van der Waals surface area contributed by atoms with Gasteiger partial charge in [0.1, 0.15) is 36.6 Å². The predicted molar refractivity (Wildman–Crippen MR) is 274 cm³/mol. The van der Waals surface area contributed by atoms with Gasteiger partial charge in [0.2, 0.25) is 107 Å². The molecule has 532 valence electrons. The summed E-state index contributed by atoms with van der Waals surface area (Å²) in [5, 5.41) is 5.41. The zero-order valence-corrected chi connectivity index (χ0v) is 77.6. The van der Waals surface area contributed by atoms with Gasteiger partial charge in [-0.1, -0.05) is 52.4 Å². The molecule has 0 spiro atoms. The van der Waals surface area contributed by atoms with Gasteiger partial charge in [-0.3, -0.25) is 52.6 Å². The second kappa shape index (κ2) is 49.3. The van der Waals surface area contributed by atoms with Crippen molar-refractivity contribution in [2.24, 2.45) is 5.41 Å². The molecular formula is C39H60N4Na8O40S8. The summed E-state index contributed by atoms with van der Waals surface area (Å²) in [7, 11) is -48.9. The Labute approximate surface area is 749 Å². The molecule has 0 unspecified atom stereocenters. The number of rotatable bonds is 36. The maximum Gasteiger partial charge on any atom is 1.00 e. The average Bonchev–Trinajstić information content (AvgIpc) is 0.780. The van der Waals surface area contributed by atoms with Crippen LogP contribution in [-0.2, 0) is 155 Å². The molecule has 4 fully saturated rings. The molecule has 60 heteroatoms. The van der Waals surface area contributed by atoms with Crippen LogP contribution in [0.5, 0.6) is 0 Å². The number of carbonyl (C=O) groups is 4. The smallest absolute Gasteiger partial charge is 0.726 e. The Bertz CT molecular complexity index is 3250. The minimum Gasteiger partial charge on any atom is -0.726 e. The Morgan fingerprint density at radius 3 is 0.899 bits per heavy atom. The SMILES string of the molecule is CC(C)(CC(=O)N(CCO[C@H]1O[C@@H](COS(=O)(=O)[O-])[C@@H](OS(=O)(=O)[O-])[C@H](OS(=O)(=O)[O-])[C@H]1OS(=O)(=O)[O-])CC(=O)NC1CCCCC1)CC(=O)N(CCO[C@H]1O[C@@H](COS(=O)(=O)[O-])[C@@H](OS(=O)(=O)[O-])[C@H](OS(=O)(=O)[O-])[C@H]1OS(=O)(=O)[O-])CC(=O)NC1CCCCC1.[Na+].[Na+].[Na+].[Na+].[Na+].[Na+].[Na+].[Na+]. The molecule has 2 saturated heterocycles. The zero-order valence-electron chi connectivity index (χ0n) is 55.1. The summed E-state index contributed by atoms with van der Waals surface area (Å²) in [5.74, 6) is -3.82. The van der Waals surface area contributed by atoms with Gasteiger partial charge in [0.05, 0.1) is 39.5 Å². The number of hydrogen-bond donors (Lipinski definition) is 2. The normalized spacial score (nSPS) is 23.7. The van der Waals surface area contributed by atoms with Crippen molar-refractivity contribution in [1.82, 2.24) is 20.4 Å². The van der Waals surface area contributed by atoms with E-state index in [9.17, 15) is 123 Å². The number of amides is 4. The molecule has 4 rings (SSSR count). The number of nitrogens with one attached hydrogen (secondary N) is 2. The van der Waals surface area contributed by atoms with E-state index in [0.717, 1.165) is 22.6 Å². The van der Waals surface area contributed by atoms with Gasteiger partial charge in [-0.15, -0.1) is 0 Å². The van der Waals surface area contributed by atoms with E-state index in [1.165, 1.54) is 13.8 Å². The second-order valence-corrected chi connectivity index (χ2v) is 29.1. The quantitative estimate of drug-likeness (QED) is 0.0334.